The van der Waals surface area contributed by atoms with Gasteiger partial charge in [-0.15, -0.1) is 0 Å². The molecule has 27 heavy (non-hydrogen) atoms. The molecule has 1 aromatic carbocycles. The molecule has 2 aliphatic rings. The zero-order chi connectivity index (χ0) is 19.4. The highest BCUT2D eigenvalue weighted by Gasteiger charge is 2.30. The summed E-state index contributed by atoms with van der Waals surface area (Å²) in [5.41, 5.74) is 2.41. The van der Waals surface area contributed by atoms with Gasteiger partial charge in [-0.1, -0.05) is 6.07 Å². The van der Waals surface area contributed by atoms with Gasteiger partial charge in [0.05, 0.1) is 4.90 Å². The van der Waals surface area contributed by atoms with Crippen LogP contribution in [0.5, 0.6) is 0 Å². The molecule has 7 nitrogen and oxygen atoms in total. The maximum atomic E-state index is 13.0. The van der Waals surface area contributed by atoms with Crippen molar-refractivity contribution < 1.29 is 18.0 Å². The van der Waals surface area contributed by atoms with Gasteiger partial charge in [-0.05, 0) is 48.9 Å². The minimum absolute atomic E-state index is 0.0606. The SMILES string of the molecule is CC(=O)NCCC(=O)N1CCN(S(=O)(=O)c2ccc3c(c2)CCCC3)CC1. The second-order valence-electron chi connectivity index (χ2n) is 7.16. The molecule has 0 atom stereocenters. The number of benzene rings is 1. The normalized spacial score (nSPS) is 18.0. The van der Waals surface area contributed by atoms with E-state index in [1.807, 2.05) is 12.1 Å². The number of fused-ring (bicyclic) bond motifs is 1. The van der Waals surface area contributed by atoms with Crippen LogP contribution in [0.1, 0.15) is 37.3 Å². The number of hydrogen-bond acceptors (Lipinski definition) is 4. The average molecular weight is 394 g/mol. The molecule has 148 valence electrons. The van der Waals surface area contributed by atoms with Crippen LogP contribution in [0.4, 0.5) is 0 Å². The Labute approximate surface area is 160 Å². The van der Waals surface area contributed by atoms with Crippen LogP contribution in [0.2, 0.25) is 0 Å². The van der Waals surface area contributed by atoms with Crippen molar-refractivity contribution in [2.24, 2.45) is 0 Å². The number of carbonyl (C=O) groups excluding carboxylic acids is 2. The number of sulfonamides is 1. The molecule has 1 aliphatic heterocycles. The van der Waals surface area contributed by atoms with Crippen molar-refractivity contribution in [3.63, 3.8) is 0 Å². The summed E-state index contributed by atoms with van der Waals surface area (Å²) >= 11 is 0. The largest absolute Gasteiger partial charge is 0.356 e. The molecule has 0 radical (unpaired) electrons. The third kappa shape index (κ3) is 4.68. The van der Waals surface area contributed by atoms with Crippen LogP contribution >= 0.6 is 0 Å². The molecular formula is C19H27N3O4S. The lowest BCUT2D eigenvalue weighted by atomic mass is 9.92. The number of amides is 2. The van der Waals surface area contributed by atoms with Gasteiger partial charge >= 0.3 is 0 Å². The number of rotatable bonds is 5. The molecule has 1 N–H and O–H groups in total. The Morgan fingerprint density at radius 3 is 2.37 bits per heavy atom. The molecular weight excluding hydrogens is 366 g/mol. The number of hydrogen-bond donors (Lipinski definition) is 1. The van der Waals surface area contributed by atoms with E-state index in [0.29, 0.717) is 37.6 Å². The Hall–Kier alpha value is -1.93. The highest BCUT2D eigenvalue weighted by Crippen LogP contribution is 2.26. The number of nitrogens with zero attached hydrogens (tertiary/aromatic N) is 2. The fourth-order valence-electron chi connectivity index (χ4n) is 3.70. The summed E-state index contributed by atoms with van der Waals surface area (Å²) in [6.45, 7) is 3.07. The van der Waals surface area contributed by atoms with Crippen LogP contribution in [0.3, 0.4) is 0 Å². The molecule has 1 aromatic rings. The second kappa shape index (κ2) is 8.39. The Balaban J connectivity index is 1.60. The van der Waals surface area contributed by atoms with E-state index in [0.717, 1.165) is 31.2 Å². The van der Waals surface area contributed by atoms with Gasteiger partial charge in [-0.3, -0.25) is 9.59 Å². The summed E-state index contributed by atoms with van der Waals surface area (Å²) in [6.07, 6.45) is 4.47. The fraction of sp³-hybridized carbons (Fsp3) is 0.579. The summed E-state index contributed by atoms with van der Waals surface area (Å²) in [4.78, 5) is 25.1. The van der Waals surface area contributed by atoms with Gasteiger partial charge in [0.15, 0.2) is 0 Å². The van der Waals surface area contributed by atoms with Crippen LogP contribution in [0, 0.1) is 0 Å². The summed E-state index contributed by atoms with van der Waals surface area (Å²) in [5, 5.41) is 2.60. The quantitative estimate of drug-likeness (QED) is 0.806. The second-order valence-corrected chi connectivity index (χ2v) is 9.09. The number of carbonyl (C=O) groups is 2. The molecule has 1 saturated heterocycles. The molecule has 0 saturated carbocycles. The summed E-state index contributed by atoms with van der Waals surface area (Å²) < 4.78 is 27.4. The van der Waals surface area contributed by atoms with Gasteiger partial charge < -0.3 is 10.2 Å². The monoisotopic (exact) mass is 393 g/mol. The van der Waals surface area contributed by atoms with Gasteiger partial charge in [-0.25, -0.2) is 8.42 Å². The Kier molecular flexibility index (Phi) is 6.16. The van der Waals surface area contributed by atoms with Crippen molar-refractivity contribution in [2.45, 2.75) is 43.9 Å². The summed E-state index contributed by atoms with van der Waals surface area (Å²) in [5.74, 6) is -0.224. The van der Waals surface area contributed by atoms with Crippen molar-refractivity contribution in [1.29, 1.82) is 0 Å². The molecule has 3 rings (SSSR count). The first kappa shape index (κ1) is 19.8. The van der Waals surface area contributed by atoms with Crippen LogP contribution in [-0.2, 0) is 32.5 Å². The van der Waals surface area contributed by atoms with Crippen LogP contribution in [0.15, 0.2) is 23.1 Å². The van der Waals surface area contributed by atoms with E-state index in [1.165, 1.54) is 16.8 Å². The zero-order valence-electron chi connectivity index (χ0n) is 15.7. The van der Waals surface area contributed by atoms with Crippen molar-refractivity contribution in [3.05, 3.63) is 29.3 Å². The minimum Gasteiger partial charge on any atom is -0.356 e. The zero-order valence-corrected chi connectivity index (χ0v) is 16.6. The lowest BCUT2D eigenvalue weighted by Gasteiger charge is -2.34. The molecule has 2 amide bonds. The third-order valence-electron chi connectivity index (χ3n) is 5.26. The van der Waals surface area contributed by atoms with E-state index in [4.69, 9.17) is 0 Å². The lowest BCUT2D eigenvalue weighted by Crippen LogP contribution is -2.50. The maximum Gasteiger partial charge on any atom is 0.243 e. The average Bonchev–Trinajstić information content (AvgIpc) is 2.67. The first-order chi connectivity index (χ1) is 12.9. The standard InChI is InChI=1S/C19H27N3O4S/c1-15(23)20-9-8-19(24)21-10-12-22(13-11-21)27(25,26)18-7-6-16-4-2-3-5-17(16)14-18/h6-7,14H,2-5,8-13H2,1H3,(H,20,23). The molecule has 0 spiro atoms. The molecule has 1 heterocycles. The van der Waals surface area contributed by atoms with Gasteiger partial charge in [0.25, 0.3) is 0 Å². The molecule has 1 aliphatic carbocycles. The van der Waals surface area contributed by atoms with Gasteiger partial charge in [0.2, 0.25) is 21.8 Å². The maximum absolute atomic E-state index is 13.0. The third-order valence-corrected chi connectivity index (χ3v) is 7.16. The molecule has 1 fully saturated rings. The first-order valence-corrected chi connectivity index (χ1v) is 11.0. The van der Waals surface area contributed by atoms with Gasteiger partial charge in [0, 0.05) is 46.1 Å². The summed E-state index contributed by atoms with van der Waals surface area (Å²) in [7, 11) is -3.53. The smallest absolute Gasteiger partial charge is 0.243 e. The number of aryl methyl sites for hydroxylation is 2. The highest BCUT2D eigenvalue weighted by molar-refractivity contribution is 7.89. The van der Waals surface area contributed by atoms with Gasteiger partial charge in [-0.2, -0.15) is 4.31 Å². The predicted octanol–water partition coefficient (Wildman–Crippen LogP) is 0.925. The van der Waals surface area contributed by atoms with E-state index < -0.39 is 10.0 Å². The molecule has 0 bridgehead atoms. The Morgan fingerprint density at radius 1 is 1.04 bits per heavy atom. The molecule has 8 heteroatoms. The minimum atomic E-state index is -3.53. The Morgan fingerprint density at radius 2 is 1.70 bits per heavy atom. The van der Waals surface area contributed by atoms with E-state index in [2.05, 4.69) is 5.32 Å². The van der Waals surface area contributed by atoms with Crippen LogP contribution in [0.25, 0.3) is 0 Å². The number of piperazine rings is 1. The van der Waals surface area contributed by atoms with E-state index in [-0.39, 0.29) is 18.2 Å². The highest BCUT2D eigenvalue weighted by atomic mass is 32.2. The Bertz CT molecular complexity index is 814. The van der Waals surface area contributed by atoms with Gasteiger partial charge in [0.1, 0.15) is 0 Å². The fourth-order valence-corrected chi connectivity index (χ4v) is 5.17. The van der Waals surface area contributed by atoms with Crippen LogP contribution < -0.4 is 5.32 Å². The van der Waals surface area contributed by atoms with Crippen LogP contribution in [-0.4, -0.2) is 62.2 Å². The topological polar surface area (TPSA) is 86.8 Å². The van der Waals surface area contributed by atoms with Crippen molar-refractivity contribution in [1.82, 2.24) is 14.5 Å². The lowest BCUT2D eigenvalue weighted by molar-refractivity contribution is -0.132. The summed E-state index contributed by atoms with van der Waals surface area (Å²) in [6, 6.07) is 5.49. The number of nitrogens with one attached hydrogen (secondary N) is 1. The van der Waals surface area contributed by atoms with Crippen molar-refractivity contribution >= 4 is 21.8 Å². The molecule has 0 aromatic heterocycles. The van der Waals surface area contributed by atoms with E-state index in [9.17, 15) is 18.0 Å². The molecule has 0 unspecified atom stereocenters. The van der Waals surface area contributed by atoms with E-state index in [1.54, 1.807) is 11.0 Å². The van der Waals surface area contributed by atoms with Crippen molar-refractivity contribution in [2.75, 3.05) is 32.7 Å². The van der Waals surface area contributed by atoms with Crippen molar-refractivity contribution in [3.8, 4) is 0 Å². The first-order valence-electron chi connectivity index (χ1n) is 9.52. The predicted molar refractivity (Wildman–Crippen MR) is 102 cm³/mol. The van der Waals surface area contributed by atoms with E-state index >= 15 is 0 Å².